The number of hydrogen-bond acceptors (Lipinski definition) is 6. The van der Waals surface area contributed by atoms with Crippen LogP contribution >= 0.6 is 11.3 Å². The van der Waals surface area contributed by atoms with Crippen LogP contribution in [0.4, 0.5) is 10.8 Å². The third-order valence-corrected chi connectivity index (χ3v) is 7.79. The molecule has 27 heavy (non-hydrogen) atoms. The summed E-state index contributed by atoms with van der Waals surface area (Å²) in [6.07, 6.45) is 1.63. The third kappa shape index (κ3) is 4.31. The average Bonchev–Trinajstić information content (AvgIpc) is 3.24. The Kier molecular flexibility index (Phi) is 6.15. The van der Waals surface area contributed by atoms with Gasteiger partial charge in [-0.3, -0.25) is 4.98 Å². The second kappa shape index (κ2) is 8.22. The second-order valence-corrected chi connectivity index (χ2v) is 9.44. The first-order valence-corrected chi connectivity index (χ1v) is 11.6. The van der Waals surface area contributed by atoms with Crippen molar-refractivity contribution < 1.29 is 8.42 Å². The van der Waals surface area contributed by atoms with Crippen LogP contribution in [0.1, 0.15) is 49.8 Å². The monoisotopic (exact) mass is 409 g/mol. The fourth-order valence-electron chi connectivity index (χ4n) is 3.48. The van der Waals surface area contributed by atoms with E-state index in [1.807, 2.05) is 45.2 Å². The third-order valence-electron chi connectivity index (χ3n) is 4.72. The number of nitrogens with zero attached hydrogens (tertiary/aromatic N) is 4. The first-order valence-electron chi connectivity index (χ1n) is 9.29. The summed E-state index contributed by atoms with van der Waals surface area (Å²) in [4.78, 5) is 9.09. The van der Waals surface area contributed by atoms with Crippen molar-refractivity contribution in [2.24, 2.45) is 0 Å². The molecule has 9 heteroatoms. The minimum atomic E-state index is -3.48. The molecule has 1 aliphatic rings. The van der Waals surface area contributed by atoms with Crippen molar-refractivity contribution in [1.82, 2.24) is 18.6 Å². The Bertz CT molecular complexity index is 893. The van der Waals surface area contributed by atoms with Crippen molar-refractivity contribution in [3.63, 3.8) is 0 Å². The molecule has 3 rings (SSSR count). The normalized spacial score (nSPS) is 18.3. The van der Waals surface area contributed by atoms with Crippen LogP contribution in [0.25, 0.3) is 0 Å². The van der Waals surface area contributed by atoms with Gasteiger partial charge in [-0.2, -0.15) is 17.0 Å². The van der Waals surface area contributed by atoms with Crippen LogP contribution in [0.5, 0.6) is 0 Å². The van der Waals surface area contributed by atoms with E-state index in [9.17, 15) is 8.42 Å². The van der Waals surface area contributed by atoms with Crippen LogP contribution in [0, 0.1) is 13.8 Å². The largest absolute Gasteiger partial charge is 0.331 e. The van der Waals surface area contributed by atoms with Crippen molar-refractivity contribution >= 4 is 32.4 Å². The van der Waals surface area contributed by atoms with Gasteiger partial charge in [-0.15, -0.1) is 11.3 Å². The predicted molar refractivity (Wildman–Crippen MR) is 110 cm³/mol. The lowest BCUT2D eigenvalue weighted by atomic mass is 10.1. The van der Waals surface area contributed by atoms with Crippen molar-refractivity contribution in [3.05, 3.63) is 34.6 Å². The highest BCUT2D eigenvalue weighted by Crippen LogP contribution is 2.36. The summed E-state index contributed by atoms with van der Waals surface area (Å²) < 4.78 is 29.2. The van der Waals surface area contributed by atoms with Gasteiger partial charge in [0.25, 0.3) is 10.2 Å². The molecule has 2 aromatic rings. The first-order chi connectivity index (χ1) is 12.8. The van der Waals surface area contributed by atoms with Gasteiger partial charge in [0.05, 0.1) is 17.4 Å². The Morgan fingerprint density at radius 2 is 1.96 bits per heavy atom. The summed E-state index contributed by atoms with van der Waals surface area (Å²) in [5.41, 5.74) is 3.51. The minimum absolute atomic E-state index is 0.228. The number of thiazole rings is 1. The van der Waals surface area contributed by atoms with E-state index in [-0.39, 0.29) is 6.04 Å². The Morgan fingerprint density at radius 1 is 1.22 bits per heavy atom. The Labute approximate surface area is 165 Å². The Balaban J connectivity index is 1.90. The molecule has 3 heterocycles. The van der Waals surface area contributed by atoms with Crippen molar-refractivity contribution in [3.8, 4) is 0 Å². The Hall–Kier alpha value is -1.55. The molecule has 1 N–H and O–H groups in total. The fraction of sp³-hybridized carbons (Fsp3) is 0.556. The highest BCUT2D eigenvalue weighted by Gasteiger charge is 2.38. The number of aromatic nitrogens is 2. The van der Waals surface area contributed by atoms with E-state index >= 15 is 0 Å². The van der Waals surface area contributed by atoms with Crippen molar-refractivity contribution in [2.75, 3.05) is 25.0 Å². The molecule has 0 amide bonds. The van der Waals surface area contributed by atoms with E-state index in [2.05, 4.69) is 15.3 Å². The van der Waals surface area contributed by atoms with Gasteiger partial charge in [-0.05, 0) is 38.8 Å². The van der Waals surface area contributed by atoms with Gasteiger partial charge in [0.1, 0.15) is 0 Å². The lowest BCUT2D eigenvalue weighted by Crippen LogP contribution is -2.43. The molecule has 148 valence electrons. The molecule has 0 aliphatic carbocycles. The highest BCUT2D eigenvalue weighted by atomic mass is 32.2. The standard InChI is InChI=1S/C18H27N5O2S2/c1-5-22(6-2)27(24,25)23-9-7-8-17(23)16-11-15(10-13(3)19-16)21-18-20-14(4)12-26-18/h10-12,17H,5-9H2,1-4H3,(H,19,20,21). The molecule has 2 aromatic heterocycles. The summed E-state index contributed by atoms with van der Waals surface area (Å²) in [7, 11) is -3.48. The zero-order valence-corrected chi connectivity index (χ0v) is 17.9. The first kappa shape index (κ1) is 20.2. The van der Waals surface area contributed by atoms with Crippen LogP contribution in [-0.2, 0) is 10.2 Å². The predicted octanol–water partition coefficient (Wildman–Crippen LogP) is 3.62. The second-order valence-electron chi connectivity index (χ2n) is 6.70. The molecular weight excluding hydrogens is 382 g/mol. The quantitative estimate of drug-likeness (QED) is 0.756. The van der Waals surface area contributed by atoms with E-state index in [1.165, 1.54) is 4.31 Å². The molecular formula is C18H27N5O2S2. The number of anilines is 2. The van der Waals surface area contributed by atoms with Crippen LogP contribution in [0.2, 0.25) is 0 Å². The topological polar surface area (TPSA) is 78.4 Å². The molecule has 0 saturated carbocycles. The molecule has 1 unspecified atom stereocenters. The number of hydrogen-bond donors (Lipinski definition) is 1. The number of aryl methyl sites for hydroxylation is 2. The van der Waals surface area contributed by atoms with Crippen molar-refractivity contribution in [1.29, 1.82) is 0 Å². The van der Waals surface area contributed by atoms with Gasteiger partial charge in [-0.1, -0.05) is 13.8 Å². The molecule has 0 radical (unpaired) electrons. The van der Waals surface area contributed by atoms with E-state index in [4.69, 9.17) is 0 Å². The zero-order chi connectivity index (χ0) is 19.6. The fourth-order valence-corrected chi connectivity index (χ4v) is 6.03. The van der Waals surface area contributed by atoms with Crippen LogP contribution in [0.3, 0.4) is 0 Å². The minimum Gasteiger partial charge on any atom is -0.331 e. The van der Waals surface area contributed by atoms with Gasteiger partial charge in [-0.25, -0.2) is 4.98 Å². The van der Waals surface area contributed by atoms with Gasteiger partial charge < -0.3 is 5.32 Å². The van der Waals surface area contributed by atoms with Crippen molar-refractivity contribution in [2.45, 2.75) is 46.6 Å². The SMILES string of the molecule is CCN(CC)S(=O)(=O)N1CCCC1c1cc(Nc2nc(C)cs2)cc(C)n1. The van der Waals surface area contributed by atoms with E-state index in [0.717, 1.165) is 40.7 Å². The molecule has 1 fully saturated rings. The van der Waals surface area contributed by atoms with Gasteiger partial charge >= 0.3 is 0 Å². The number of nitrogens with one attached hydrogen (secondary N) is 1. The lowest BCUT2D eigenvalue weighted by Gasteiger charge is -2.29. The highest BCUT2D eigenvalue weighted by molar-refractivity contribution is 7.86. The summed E-state index contributed by atoms with van der Waals surface area (Å²) in [5, 5.41) is 6.13. The summed E-state index contributed by atoms with van der Waals surface area (Å²) >= 11 is 1.55. The zero-order valence-electron chi connectivity index (χ0n) is 16.3. The van der Waals surface area contributed by atoms with Gasteiger partial charge in [0.15, 0.2) is 5.13 Å². The smallest absolute Gasteiger partial charge is 0.282 e. The molecule has 1 atom stereocenters. The molecule has 0 spiro atoms. The summed E-state index contributed by atoms with van der Waals surface area (Å²) in [5.74, 6) is 0. The molecule has 1 saturated heterocycles. The number of rotatable bonds is 7. The maximum Gasteiger partial charge on any atom is 0.282 e. The van der Waals surface area contributed by atoms with Crippen LogP contribution in [-0.4, -0.2) is 46.6 Å². The van der Waals surface area contributed by atoms with Gasteiger partial charge in [0, 0.05) is 36.4 Å². The average molecular weight is 410 g/mol. The molecule has 0 bridgehead atoms. The molecule has 0 aromatic carbocycles. The van der Waals surface area contributed by atoms with Crippen LogP contribution in [0.15, 0.2) is 17.5 Å². The number of pyridine rings is 1. The molecule has 1 aliphatic heterocycles. The van der Waals surface area contributed by atoms with E-state index in [0.29, 0.717) is 19.6 Å². The summed E-state index contributed by atoms with van der Waals surface area (Å²) in [6, 6.07) is 3.68. The van der Waals surface area contributed by atoms with E-state index in [1.54, 1.807) is 15.6 Å². The summed E-state index contributed by atoms with van der Waals surface area (Å²) in [6.45, 7) is 9.11. The Morgan fingerprint density at radius 3 is 2.59 bits per heavy atom. The van der Waals surface area contributed by atoms with Crippen LogP contribution < -0.4 is 5.32 Å². The van der Waals surface area contributed by atoms with Gasteiger partial charge in [0.2, 0.25) is 0 Å². The molecule has 7 nitrogen and oxygen atoms in total. The lowest BCUT2D eigenvalue weighted by molar-refractivity contribution is 0.335. The maximum absolute atomic E-state index is 13.0. The maximum atomic E-state index is 13.0. The van der Waals surface area contributed by atoms with E-state index < -0.39 is 10.2 Å².